The second-order valence-electron chi connectivity index (χ2n) is 8.31. The minimum Gasteiger partial charge on any atom is -0.465 e. The van der Waals surface area contributed by atoms with E-state index in [1.807, 2.05) is 48.0 Å². The zero-order valence-corrected chi connectivity index (χ0v) is 20.9. The zero-order valence-electron chi connectivity index (χ0n) is 19.3. The van der Waals surface area contributed by atoms with Gasteiger partial charge < -0.3 is 15.3 Å². The van der Waals surface area contributed by atoms with E-state index < -0.39 is 16.1 Å². The topological polar surface area (TPSA) is 125 Å². The molecule has 2 aromatic heterocycles. The molecule has 1 aliphatic rings. The average Bonchev–Trinajstić information content (AvgIpc) is 3.45. The molecule has 0 radical (unpaired) electrons. The van der Waals surface area contributed by atoms with Crippen LogP contribution in [0, 0.1) is 6.92 Å². The van der Waals surface area contributed by atoms with Crippen LogP contribution >= 0.6 is 11.3 Å². The van der Waals surface area contributed by atoms with E-state index in [2.05, 4.69) is 10.4 Å². The van der Waals surface area contributed by atoms with Gasteiger partial charge in [-0.2, -0.15) is 9.40 Å². The zero-order chi connectivity index (χ0) is 25.4. The Morgan fingerprint density at radius 2 is 1.67 bits per heavy atom. The standard InChI is InChI=1S/C24H23N5O5S2/c1-16-20-15-21(35-23(20)29(26-16)18-5-3-2-4-6-18)22(30)25-17-7-9-19(10-8-17)36(33,34)28-13-11-27(12-14-28)24(31)32/h2-10,15H,11-14H2,1H3,(H,25,30)(H,31,32). The van der Waals surface area contributed by atoms with Crippen LogP contribution in [0.1, 0.15) is 15.4 Å². The summed E-state index contributed by atoms with van der Waals surface area (Å²) in [4.78, 5) is 26.7. The molecule has 0 unspecified atom stereocenters. The Morgan fingerprint density at radius 3 is 2.31 bits per heavy atom. The predicted molar refractivity (Wildman–Crippen MR) is 136 cm³/mol. The first-order valence-electron chi connectivity index (χ1n) is 11.2. The van der Waals surface area contributed by atoms with E-state index in [0.717, 1.165) is 21.6 Å². The molecule has 36 heavy (non-hydrogen) atoms. The van der Waals surface area contributed by atoms with E-state index in [9.17, 15) is 18.0 Å². The summed E-state index contributed by atoms with van der Waals surface area (Å²) >= 11 is 1.34. The van der Waals surface area contributed by atoms with Crippen LogP contribution in [0.5, 0.6) is 0 Å². The minimum atomic E-state index is -3.76. The van der Waals surface area contributed by atoms with Crippen LogP contribution in [0.2, 0.25) is 0 Å². The first-order valence-corrected chi connectivity index (χ1v) is 13.4. The number of aromatic nitrogens is 2. The fourth-order valence-electron chi connectivity index (χ4n) is 4.08. The van der Waals surface area contributed by atoms with Crippen molar-refractivity contribution in [1.29, 1.82) is 0 Å². The number of anilines is 1. The van der Waals surface area contributed by atoms with Gasteiger partial charge in [0.25, 0.3) is 5.91 Å². The number of nitrogens with zero attached hydrogens (tertiary/aromatic N) is 4. The molecule has 4 aromatic rings. The minimum absolute atomic E-state index is 0.0877. The molecule has 12 heteroatoms. The Kier molecular flexibility index (Phi) is 6.24. The van der Waals surface area contributed by atoms with Crippen LogP contribution in [0.3, 0.4) is 0 Å². The molecule has 0 spiro atoms. The number of hydrogen-bond acceptors (Lipinski definition) is 6. The number of amides is 2. The number of nitrogens with one attached hydrogen (secondary N) is 1. The van der Waals surface area contributed by atoms with Crippen LogP contribution in [-0.4, -0.2) is 70.7 Å². The Morgan fingerprint density at radius 1 is 1.00 bits per heavy atom. The molecule has 3 heterocycles. The maximum absolute atomic E-state index is 12.9. The van der Waals surface area contributed by atoms with E-state index in [-0.39, 0.29) is 37.0 Å². The fourth-order valence-corrected chi connectivity index (χ4v) is 6.58. The summed E-state index contributed by atoms with van der Waals surface area (Å²) in [5.41, 5.74) is 2.20. The van der Waals surface area contributed by atoms with Crippen molar-refractivity contribution in [3.05, 3.63) is 71.2 Å². The van der Waals surface area contributed by atoms with Crippen molar-refractivity contribution >= 4 is 49.3 Å². The smallest absolute Gasteiger partial charge is 0.407 e. The lowest BCUT2D eigenvalue weighted by atomic mass is 10.3. The number of carbonyl (C=O) groups excluding carboxylic acids is 1. The summed E-state index contributed by atoms with van der Waals surface area (Å²) < 4.78 is 29.0. The lowest BCUT2D eigenvalue weighted by Crippen LogP contribution is -2.50. The van der Waals surface area contributed by atoms with Gasteiger partial charge >= 0.3 is 6.09 Å². The number of aryl methyl sites for hydroxylation is 1. The normalized spacial score (nSPS) is 14.8. The Hall–Kier alpha value is -3.74. The molecule has 5 rings (SSSR count). The maximum Gasteiger partial charge on any atom is 0.407 e. The van der Waals surface area contributed by atoms with Crippen molar-refractivity contribution in [2.24, 2.45) is 0 Å². The van der Waals surface area contributed by atoms with Gasteiger partial charge in [0.15, 0.2) is 0 Å². The van der Waals surface area contributed by atoms with E-state index in [1.54, 1.807) is 12.1 Å². The first kappa shape index (κ1) is 24.0. The van der Waals surface area contributed by atoms with Gasteiger partial charge in [-0.3, -0.25) is 4.79 Å². The summed E-state index contributed by atoms with van der Waals surface area (Å²) in [5.74, 6) is -0.296. The highest BCUT2D eigenvalue weighted by Crippen LogP contribution is 2.31. The number of piperazine rings is 1. The van der Waals surface area contributed by atoms with E-state index in [4.69, 9.17) is 5.11 Å². The number of carboxylic acid groups (broad SMARTS) is 1. The van der Waals surface area contributed by atoms with E-state index in [0.29, 0.717) is 10.6 Å². The molecular weight excluding hydrogens is 502 g/mol. The van der Waals surface area contributed by atoms with Crippen molar-refractivity contribution in [2.75, 3.05) is 31.5 Å². The lowest BCUT2D eigenvalue weighted by molar-refractivity contribution is 0.103. The molecule has 0 atom stereocenters. The number of sulfonamides is 1. The van der Waals surface area contributed by atoms with Crippen molar-refractivity contribution in [3.63, 3.8) is 0 Å². The first-order chi connectivity index (χ1) is 17.2. The second-order valence-corrected chi connectivity index (χ2v) is 11.3. The van der Waals surface area contributed by atoms with Crippen molar-refractivity contribution in [3.8, 4) is 5.69 Å². The van der Waals surface area contributed by atoms with Crippen LogP contribution in [0.25, 0.3) is 15.9 Å². The molecule has 1 fully saturated rings. The highest BCUT2D eigenvalue weighted by atomic mass is 32.2. The quantitative estimate of drug-likeness (QED) is 0.410. The van der Waals surface area contributed by atoms with Crippen molar-refractivity contribution in [1.82, 2.24) is 19.0 Å². The molecule has 2 amide bonds. The number of hydrogen-bond donors (Lipinski definition) is 2. The highest BCUT2D eigenvalue weighted by molar-refractivity contribution is 7.89. The largest absolute Gasteiger partial charge is 0.465 e. The SMILES string of the molecule is Cc1nn(-c2ccccc2)c2sc(C(=O)Nc3ccc(S(=O)(=O)N4CCN(C(=O)O)CC4)cc3)cc12. The summed E-state index contributed by atoms with van der Waals surface area (Å²) in [6, 6.07) is 17.5. The van der Waals surface area contributed by atoms with Crippen molar-refractivity contribution < 1.29 is 23.1 Å². The molecule has 1 aliphatic heterocycles. The molecule has 0 saturated carbocycles. The number of fused-ring (bicyclic) bond motifs is 1. The lowest BCUT2D eigenvalue weighted by Gasteiger charge is -2.32. The fraction of sp³-hybridized carbons (Fsp3) is 0.208. The van der Waals surface area contributed by atoms with Crippen LogP contribution in [-0.2, 0) is 10.0 Å². The third-order valence-electron chi connectivity index (χ3n) is 6.03. The Bertz CT molecular complexity index is 1540. The molecule has 1 saturated heterocycles. The number of rotatable bonds is 5. The predicted octanol–water partition coefficient (Wildman–Crippen LogP) is 3.63. The third kappa shape index (κ3) is 4.45. The second kappa shape index (κ2) is 9.37. The summed E-state index contributed by atoms with van der Waals surface area (Å²) in [6.45, 7) is 2.34. The number of carbonyl (C=O) groups is 2. The van der Waals surface area contributed by atoms with E-state index in [1.165, 1.54) is 32.7 Å². The van der Waals surface area contributed by atoms with Crippen molar-refractivity contribution in [2.45, 2.75) is 11.8 Å². The van der Waals surface area contributed by atoms with Gasteiger partial charge in [-0.05, 0) is 49.4 Å². The van der Waals surface area contributed by atoms with E-state index >= 15 is 0 Å². The van der Waals surface area contributed by atoms with Gasteiger partial charge in [-0.25, -0.2) is 17.9 Å². The molecule has 0 bridgehead atoms. The third-order valence-corrected chi connectivity index (χ3v) is 9.05. The Labute approximate surface area is 211 Å². The molecule has 2 N–H and O–H groups in total. The van der Waals surface area contributed by atoms with Crippen LogP contribution in [0.15, 0.2) is 65.6 Å². The van der Waals surface area contributed by atoms with Gasteiger partial charge in [-0.15, -0.1) is 11.3 Å². The highest BCUT2D eigenvalue weighted by Gasteiger charge is 2.30. The van der Waals surface area contributed by atoms with Gasteiger partial charge in [0.2, 0.25) is 10.0 Å². The van der Waals surface area contributed by atoms with Gasteiger partial charge in [0.1, 0.15) is 4.83 Å². The van der Waals surface area contributed by atoms with Gasteiger partial charge in [0.05, 0.1) is 21.2 Å². The van der Waals surface area contributed by atoms with Gasteiger partial charge in [0, 0.05) is 37.3 Å². The summed E-state index contributed by atoms with van der Waals surface area (Å²) in [7, 11) is -3.76. The number of thiophene rings is 1. The Balaban J connectivity index is 1.31. The molecule has 0 aliphatic carbocycles. The molecular formula is C24H23N5O5S2. The number of para-hydroxylation sites is 1. The monoisotopic (exact) mass is 525 g/mol. The van der Waals surface area contributed by atoms with Crippen LogP contribution in [0.4, 0.5) is 10.5 Å². The van der Waals surface area contributed by atoms with Crippen LogP contribution < -0.4 is 5.32 Å². The summed E-state index contributed by atoms with van der Waals surface area (Å²) in [5, 5.41) is 17.4. The molecule has 186 valence electrons. The molecule has 2 aromatic carbocycles. The summed E-state index contributed by atoms with van der Waals surface area (Å²) in [6.07, 6.45) is -1.06. The maximum atomic E-state index is 12.9. The number of benzene rings is 2. The molecule has 10 nitrogen and oxygen atoms in total. The van der Waals surface area contributed by atoms with Gasteiger partial charge in [-0.1, -0.05) is 18.2 Å². The average molecular weight is 526 g/mol.